The Morgan fingerprint density at radius 1 is 1.15 bits per heavy atom. The van der Waals surface area contributed by atoms with Gasteiger partial charge in [-0.1, -0.05) is 42.5 Å². The van der Waals surface area contributed by atoms with Crippen LogP contribution in [-0.4, -0.2) is 29.8 Å². The largest absolute Gasteiger partial charge is 0.506 e. The molecule has 26 heavy (non-hydrogen) atoms. The van der Waals surface area contributed by atoms with Gasteiger partial charge in [0.1, 0.15) is 11.3 Å². The van der Waals surface area contributed by atoms with Crippen molar-refractivity contribution in [3.63, 3.8) is 0 Å². The number of halogens is 1. The second-order valence-corrected chi connectivity index (χ2v) is 5.88. The third kappa shape index (κ3) is 5.03. The van der Waals surface area contributed by atoms with Crippen LogP contribution in [0.15, 0.2) is 69.7 Å². The van der Waals surface area contributed by atoms with Gasteiger partial charge in [0.25, 0.3) is 5.91 Å². The van der Waals surface area contributed by atoms with Crippen molar-refractivity contribution in [2.75, 3.05) is 6.61 Å². The van der Waals surface area contributed by atoms with Gasteiger partial charge in [-0.3, -0.25) is 4.79 Å². The first-order valence-corrected chi connectivity index (χ1v) is 8.57. The van der Waals surface area contributed by atoms with Crippen LogP contribution in [0.3, 0.4) is 0 Å². The number of aliphatic hydroxyl groups is 1. The molecule has 0 fully saturated rings. The van der Waals surface area contributed by atoms with Crippen molar-refractivity contribution in [1.82, 2.24) is 5.43 Å². The zero-order valence-electron chi connectivity index (χ0n) is 14.0. The highest BCUT2D eigenvalue weighted by atomic mass is 79.9. The van der Waals surface area contributed by atoms with Gasteiger partial charge in [-0.15, -0.1) is 0 Å². The molecule has 134 valence electrons. The molecule has 0 atom stereocenters. The van der Waals surface area contributed by atoms with Crippen LogP contribution in [0.4, 0.5) is 0 Å². The van der Waals surface area contributed by atoms with Crippen molar-refractivity contribution in [3.8, 4) is 0 Å². The Balaban J connectivity index is 2.24. The lowest BCUT2D eigenvalue weighted by molar-refractivity contribution is -0.137. The molecule has 0 saturated heterocycles. The normalized spacial score (nSPS) is 11.8. The van der Waals surface area contributed by atoms with Gasteiger partial charge in [0.2, 0.25) is 0 Å². The second-order valence-electron chi connectivity index (χ2n) is 5.03. The van der Waals surface area contributed by atoms with Gasteiger partial charge in [0.15, 0.2) is 0 Å². The molecule has 0 unspecified atom stereocenters. The van der Waals surface area contributed by atoms with E-state index in [4.69, 9.17) is 4.74 Å². The number of esters is 1. The summed E-state index contributed by atoms with van der Waals surface area (Å²) in [7, 11) is 0. The fraction of sp³-hybridized carbons (Fsp3) is 0.105. The number of hydrogen-bond donors (Lipinski definition) is 2. The zero-order chi connectivity index (χ0) is 18.9. The van der Waals surface area contributed by atoms with Gasteiger partial charge < -0.3 is 9.84 Å². The monoisotopic (exact) mass is 416 g/mol. The van der Waals surface area contributed by atoms with E-state index in [1.165, 1.54) is 0 Å². The first-order valence-electron chi connectivity index (χ1n) is 7.78. The Morgan fingerprint density at radius 2 is 1.81 bits per heavy atom. The van der Waals surface area contributed by atoms with Crippen LogP contribution in [0.1, 0.15) is 22.8 Å². The van der Waals surface area contributed by atoms with Crippen LogP contribution in [0.2, 0.25) is 0 Å². The Morgan fingerprint density at radius 3 is 2.46 bits per heavy atom. The van der Waals surface area contributed by atoms with Crippen molar-refractivity contribution in [3.05, 3.63) is 75.8 Å². The van der Waals surface area contributed by atoms with Crippen molar-refractivity contribution in [2.24, 2.45) is 5.10 Å². The lowest BCUT2D eigenvalue weighted by Crippen LogP contribution is -2.19. The van der Waals surface area contributed by atoms with Crippen molar-refractivity contribution in [2.45, 2.75) is 6.92 Å². The maximum absolute atomic E-state index is 12.1. The average molecular weight is 417 g/mol. The number of aliphatic hydroxyl groups excluding tert-OH is 1. The van der Waals surface area contributed by atoms with Crippen molar-refractivity contribution < 1.29 is 19.4 Å². The number of rotatable bonds is 6. The summed E-state index contributed by atoms with van der Waals surface area (Å²) >= 11 is 3.28. The molecule has 0 radical (unpaired) electrons. The number of amides is 1. The molecule has 2 aromatic rings. The maximum Gasteiger partial charge on any atom is 0.343 e. The highest BCUT2D eigenvalue weighted by molar-refractivity contribution is 9.10. The molecule has 0 aromatic heterocycles. The van der Waals surface area contributed by atoms with Crippen molar-refractivity contribution in [1.29, 1.82) is 0 Å². The van der Waals surface area contributed by atoms with Gasteiger partial charge in [-0.2, -0.15) is 5.10 Å². The molecule has 6 nitrogen and oxygen atoms in total. The maximum atomic E-state index is 12.1. The van der Waals surface area contributed by atoms with E-state index >= 15 is 0 Å². The first kappa shape index (κ1) is 19.4. The van der Waals surface area contributed by atoms with Crippen LogP contribution < -0.4 is 5.43 Å². The van der Waals surface area contributed by atoms with E-state index in [1.807, 2.05) is 0 Å². The summed E-state index contributed by atoms with van der Waals surface area (Å²) in [4.78, 5) is 24.2. The summed E-state index contributed by atoms with van der Waals surface area (Å²) in [5, 5.41) is 14.1. The minimum absolute atomic E-state index is 0.140. The summed E-state index contributed by atoms with van der Waals surface area (Å²) in [6, 6.07) is 15.4. The van der Waals surface area contributed by atoms with E-state index in [-0.39, 0.29) is 17.9 Å². The Kier molecular flexibility index (Phi) is 7.11. The summed E-state index contributed by atoms with van der Waals surface area (Å²) in [5.74, 6) is -1.49. The quantitative estimate of drug-likeness (QED) is 0.247. The van der Waals surface area contributed by atoms with E-state index < -0.39 is 11.9 Å². The number of carbonyl (C=O) groups excluding carboxylic acids is 2. The minimum atomic E-state index is -0.743. The summed E-state index contributed by atoms with van der Waals surface area (Å²) in [5.41, 5.74) is 2.98. The molecular weight excluding hydrogens is 400 g/mol. The molecule has 0 aliphatic heterocycles. The average Bonchev–Trinajstić information content (AvgIpc) is 2.65. The molecule has 0 saturated carbocycles. The molecule has 2 rings (SSSR count). The number of nitrogens with zero attached hydrogens (tertiary/aromatic N) is 1. The van der Waals surface area contributed by atoms with Crippen LogP contribution in [-0.2, 0) is 9.53 Å². The van der Waals surface area contributed by atoms with Crippen molar-refractivity contribution >= 4 is 39.8 Å². The van der Waals surface area contributed by atoms with E-state index in [9.17, 15) is 14.7 Å². The van der Waals surface area contributed by atoms with Gasteiger partial charge in [-0.05, 0) is 35.0 Å². The first-order chi connectivity index (χ1) is 12.5. The minimum Gasteiger partial charge on any atom is -0.506 e. The van der Waals surface area contributed by atoms with Gasteiger partial charge in [-0.25, -0.2) is 10.2 Å². The third-order valence-electron chi connectivity index (χ3n) is 3.28. The number of hydrazone groups is 1. The summed E-state index contributed by atoms with van der Waals surface area (Å²) in [6.07, 6.45) is 1.06. The topological polar surface area (TPSA) is 88.0 Å². The lowest BCUT2D eigenvalue weighted by atomic mass is 10.1. The highest BCUT2D eigenvalue weighted by Crippen LogP contribution is 2.17. The van der Waals surface area contributed by atoms with Crippen LogP contribution in [0.25, 0.3) is 5.76 Å². The predicted molar refractivity (Wildman–Crippen MR) is 103 cm³/mol. The molecule has 0 spiro atoms. The molecule has 1 amide bonds. The summed E-state index contributed by atoms with van der Waals surface area (Å²) < 4.78 is 5.55. The Hall–Kier alpha value is -2.93. The highest BCUT2D eigenvalue weighted by Gasteiger charge is 2.16. The second kappa shape index (κ2) is 9.53. The van der Waals surface area contributed by atoms with Crippen LogP contribution in [0.5, 0.6) is 0 Å². The number of hydrogen-bond acceptors (Lipinski definition) is 5. The fourth-order valence-electron chi connectivity index (χ4n) is 2.03. The standard InChI is InChI=1S/C19H17BrN2O4/c1-2-26-19(25)15(17(23)13-8-4-3-5-9-13)12-21-22-18(24)14-10-6-7-11-16(14)20/h3-12,23H,2H2,1H3,(H,22,24). The SMILES string of the molecule is CCOC(=O)C(C=NNC(=O)c1ccccc1Br)=C(O)c1ccccc1. The smallest absolute Gasteiger partial charge is 0.343 e. The molecule has 0 bridgehead atoms. The molecular formula is C19H17BrN2O4. The van der Waals surface area contributed by atoms with E-state index in [1.54, 1.807) is 61.5 Å². The molecule has 7 heteroatoms. The molecule has 2 aromatic carbocycles. The fourth-order valence-corrected chi connectivity index (χ4v) is 2.50. The van der Waals surface area contributed by atoms with Gasteiger partial charge in [0, 0.05) is 10.0 Å². The van der Waals surface area contributed by atoms with E-state index in [2.05, 4.69) is 26.5 Å². The molecule has 2 N–H and O–H groups in total. The van der Waals surface area contributed by atoms with Gasteiger partial charge in [0.05, 0.1) is 18.4 Å². The number of ether oxygens (including phenoxy) is 1. The van der Waals surface area contributed by atoms with Crippen LogP contribution >= 0.6 is 15.9 Å². The summed E-state index contributed by atoms with van der Waals surface area (Å²) in [6.45, 7) is 1.79. The van der Waals surface area contributed by atoms with E-state index in [0.29, 0.717) is 15.6 Å². The van der Waals surface area contributed by atoms with Gasteiger partial charge >= 0.3 is 5.97 Å². The van der Waals surface area contributed by atoms with E-state index in [0.717, 1.165) is 6.21 Å². The lowest BCUT2D eigenvalue weighted by Gasteiger charge is -2.07. The molecule has 0 aliphatic rings. The Bertz CT molecular complexity index is 848. The number of carbonyl (C=O) groups is 2. The zero-order valence-corrected chi connectivity index (χ0v) is 15.6. The van der Waals surface area contributed by atoms with Crippen LogP contribution in [0, 0.1) is 0 Å². The molecule has 0 heterocycles. The molecule has 0 aliphatic carbocycles. The number of benzene rings is 2. The Labute approximate surface area is 159 Å². The third-order valence-corrected chi connectivity index (χ3v) is 3.97. The predicted octanol–water partition coefficient (Wildman–Crippen LogP) is 3.70. The number of nitrogens with one attached hydrogen (secondary N) is 1.